The highest BCUT2D eigenvalue weighted by molar-refractivity contribution is 5.50. The molecule has 3 fully saturated rings. The number of ether oxygens (including phenoxy) is 1. The largest absolute Gasteiger partial charge is 0.415 e. The van der Waals surface area contributed by atoms with E-state index < -0.39 is 30.0 Å². The van der Waals surface area contributed by atoms with E-state index in [0.29, 0.717) is 11.3 Å². The lowest BCUT2D eigenvalue weighted by Gasteiger charge is -2.39. The monoisotopic (exact) mass is 375 g/mol. The molecule has 3 aliphatic rings. The van der Waals surface area contributed by atoms with E-state index in [1.807, 2.05) is 0 Å². The van der Waals surface area contributed by atoms with Crippen molar-refractivity contribution in [3.8, 4) is 11.5 Å². The predicted octanol–water partition coefficient (Wildman–Crippen LogP) is 4.32. The highest BCUT2D eigenvalue weighted by Crippen LogP contribution is 2.66. The Kier molecular flexibility index (Phi) is 3.98. The van der Waals surface area contributed by atoms with Crippen molar-refractivity contribution in [1.82, 2.24) is 15.2 Å². The summed E-state index contributed by atoms with van der Waals surface area (Å²) in [5.41, 5.74) is -0.681. The van der Waals surface area contributed by atoms with Gasteiger partial charge in [0.2, 0.25) is 5.89 Å². The number of aromatic nitrogens is 3. The lowest BCUT2D eigenvalue weighted by atomic mass is 9.69. The molecule has 2 aromatic heterocycles. The number of halogens is 5. The Hall–Kier alpha value is -2.10. The Morgan fingerprint density at radius 2 is 1.96 bits per heavy atom. The average molecular weight is 375 g/mol. The summed E-state index contributed by atoms with van der Waals surface area (Å²) in [4.78, 5) is 4.11. The Morgan fingerprint density at radius 1 is 1.19 bits per heavy atom. The van der Waals surface area contributed by atoms with Crippen LogP contribution < -0.4 is 0 Å². The molecule has 5 rings (SSSR count). The zero-order valence-electron chi connectivity index (χ0n) is 13.3. The number of hydrogen-bond acceptors (Lipinski definition) is 5. The van der Waals surface area contributed by atoms with E-state index in [4.69, 9.17) is 9.15 Å². The van der Waals surface area contributed by atoms with Crippen molar-refractivity contribution in [3.63, 3.8) is 0 Å². The van der Waals surface area contributed by atoms with Crippen LogP contribution in [-0.2, 0) is 11.3 Å². The normalized spacial score (nSPS) is 27.8. The molecule has 3 aliphatic carbocycles. The number of pyridine rings is 1. The topological polar surface area (TPSA) is 61.0 Å². The van der Waals surface area contributed by atoms with Crippen molar-refractivity contribution in [3.05, 3.63) is 29.9 Å². The quantitative estimate of drug-likeness (QED) is 0.729. The third-order valence-corrected chi connectivity index (χ3v) is 5.17. The summed E-state index contributed by atoms with van der Waals surface area (Å²) in [6.07, 6.45) is -5.81. The van der Waals surface area contributed by atoms with Crippen molar-refractivity contribution in [2.45, 2.75) is 44.6 Å². The second-order valence-electron chi connectivity index (χ2n) is 6.78. The molecule has 2 aromatic rings. The SMILES string of the molecule is FC(F)c1nnc(-c2ccc(CO[C@@H]3CC4(C(F)(F)F)CC3C4)nc2)o1. The molecule has 0 spiro atoms. The fourth-order valence-corrected chi connectivity index (χ4v) is 3.74. The van der Waals surface area contributed by atoms with Crippen molar-refractivity contribution in [2.75, 3.05) is 0 Å². The van der Waals surface area contributed by atoms with Crippen LogP contribution in [0.2, 0.25) is 0 Å². The van der Waals surface area contributed by atoms with Crippen LogP contribution >= 0.6 is 0 Å². The molecule has 2 heterocycles. The summed E-state index contributed by atoms with van der Waals surface area (Å²) in [5.74, 6) is -0.905. The molecule has 0 radical (unpaired) electrons. The van der Waals surface area contributed by atoms with E-state index >= 15 is 0 Å². The minimum absolute atomic E-state index is 0.00234. The number of fused-ring (bicyclic) bond motifs is 1. The van der Waals surface area contributed by atoms with Crippen LogP contribution in [0.25, 0.3) is 11.5 Å². The second-order valence-corrected chi connectivity index (χ2v) is 6.78. The third kappa shape index (κ3) is 2.85. The van der Waals surface area contributed by atoms with Crippen molar-refractivity contribution in [2.24, 2.45) is 11.3 Å². The summed E-state index contributed by atoms with van der Waals surface area (Å²) < 4.78 is 74.5. The second kappa shape index (κ2) is 5.97. The van der Waals surface area contributed by atoms with Crippen LogP contribution in [-0.4, -0.2) is 27.5 Å². The van der Waals surface area contributed by atoms with E-state index in [1.54, 1.807) is 12.1 Å². The average Bonchev–Trinajstić information content (AvgIpc) is 3.25. The maximum Gasteiger partial charge on any atom is 0.394 e. The maximum absolute atomic E-state index is 13.0. The Balaban J connectivity index is 1.35. The zero-order valence-corrected chi connectivity index (χ0v) is 13.3. The first-order chi connectivity index (χ1) is 12.3. The highest BCUT2D eigenvalue weighted by atomic mass is 19.4. The van der Waals surface area contributed by atoms with Crippen LogP contribution in [0.5, 0.6) is 0 Å². The summed E-state index contributed by atoms with van der Waals surface area (Å²) in [7, 11) is 0. The van der Waals surface area contributed by atoms with E-state index in [-0.39, 0.29) is 37.7 Å². The number of hydrogen-bond donors (Lipinski definition) is 0. The fourth-order valence-electron chi connectivity index (χ4n) is 3.74. The molecule has 0 aromatic carbocycles. The van der Waals surface area contributed by atoms with Crippen molar-refractivity contribution >= 4 is 0 Å². The summed E-state index contributed by atoms with van der Waals surface area (Å²) in [6.45, 7) is 0.0848. The summed E-state index contributed by atoms with van der Waals surface area (Å²) in [5, 5.41) is 6.75. The van der Waals surface area contributed by atoms with Gasteiger partial charge in [0, 0.05) is 6.20 Å². The molecule has 5 nitrogen and oxygen atoms in total. The fraction of sp³-hybridized carbons (Fsp3) is 0.562. The van der Waals surface area contributed by atoms with Crippen molar-refractivity contribution < 1.29 is 31.1 Å². The molecule has 26 heavy (non-hydrogen) atoms. The first-order valence-corrected chi connectivity index (χ1v) is 8.03. The molecule has 0 unspecified atom stereocenters. The molecule has 2 bridgehead atoms. The van der Waals surface area contributed by atoms with Crippen molar-refractivity contribution in [1.29, 1.82) is 0 Å². The highest BCUT2D eigenvalue weighted by Gasteiger charge is 2.69. The molecule has 0 N–H and O–H groups in total. The van der Waals surface area contributed by atoms with Gasteiger partial charge in [-0.1, -0.05) is 0 Å². The van der Waals surface area contributed by atoms with Gasteiger partial charge >= 0.3 is 12.6 Å². The summed E-state index contributed by atoms with van der Waals surface area (Å²) in [6, 6.07) is 3.14. The first-order valence-electron chi connectivity index (χ1n) is 8.03. The van der Waals surface area contributed by atoms with Gasteiger partial charge in [0.05, 0.1) is 29.4 Å². The third-order valence-electron chi connectivity index (χ3n) is 5.17. The molecule has 140 valence electrons. The van der Waals surface area contributed by atoms with E-state index in [2.05, 4.69) is 15.2 Å². The van der Waals surface area contributed by atoms with E-state index in [9.17, 15) is 22.0 Å². The van der Waals surface area contributed by atoms with E-state index in [1.165, 1.54) is 6.20 Å². The minimum atomic E-state index is -4.18. The van der Waals surface area contributed by atoms with Gasteiger partial charge in [-0.05, 0) is 37.3 Å². The molecular weight excluding hydrogens is 361 g/mol. The number of nitrogens with zero attached hydrogens (tertiary/aromatic N) is 3. The van der Waals surface area contributed by atoms with Gasteiger partial charge in [-0.2, -0.15) is 22.0 Å². The van der Waals surface area contributed by atoms with E-state index in [0.717, 1.165) is 0 Å². The molecule has 1 atom stereocenters. The Labute approximate surface area is 144 Å². The zero-order chi connectivity index (χ0) is 18.5. The van der Waals surface area contributed by atoms with Gasteiger partial charge in [0.15, 0.2) is 0 Å². The lowest BCUT2D eigenvalue weighted by Crippen LogP contribution is -2.42. The molecule has 0 saturated heterocycles. The molecular formula is C16H14F5N3O2. The lowest BCUT2D eigenvalue weighted by molar-refractivity contribution is -0.244. The molecule has 10 heteroatoms. The minimum Gasteiger partial charge on any atom is -0.415 e. The Bertz CT molecular complexity index is 784. The molecule has 3 saturated carbocycles. The van der Waals surface area contributed by atoms with Crippen LogP contribution in [0.4, 0.5) is 22.0 Å². The van der Waals surface area contributed by atoms with Crippen LogP contribution in [0, 0.1) is 11.3 Å². The van der Waals surface area contributed by atoms with Gasteiger partial charge in [0.25, 0.3) is 5.89 Å². The van der Waals surface area contributed by atoms with Gasteiger partial charge < -0.3 is 9.15 Å². The number of rotatable bonds is 5. The maximum atomic E-state index is 13.0. The van der Waals surface area contributed by atoms with Gasteiger partial charge in [-0.25, -0.2) is 0 Å². The number of alkyl halides is 5. The summed E-state index contributed by atoms with van der Waals surface area (Å²) >= 11 is 0. The smallest absolute Gasteiger partial charge is 0.394 e. The predicted molar refractivity (Wildman–Crippen MR) is 76.9 cm³/mol. The standard InChI is InChI=1S/C16H14F5N3O2/c17-12(18)14-24-23-13(26-14)8-1-2-10(22-6-8)7-25-11-5-15(16(19,20)21)3-9(11)4-15/h1-2,6,9,11-12H,3-5,7H2/t9?,11-,15?/m1/s1. The van der Waals surface area contributed by atoms with Crippen LogP contribution in [0.3, 0.4) is 0 Å². The Morgan fingerprint density at radius 3 is 2.50 bits per heavy atom. The van der Waals surface area contributed by atoms with Gasteiger partial charge in [-0.3, -0.25) is 4.98 Å². The molecule has 0 aliphatic heterocycles. The van der Waals surface area contributed by atoms with Crippen LogP contribution in [0.15, 0.2) is 22.7 Å². The first kappa shape index (κ1) is 17.3. The van der Waals surface area contributed by atoms with Gasteiger partial charge in [-0.15, -0.1) is 10.2 Å². The molecule has 0 amide bonds. The van der Waals surface area contributed by atoms with Gasteiger partial charge in [0.1, 0.15) is 0 Å². The van der Waals surface area contributed by atoms with Crippen LogP contribution in [0.1, 0.15) is 37.3 Å².